The Hall–Kier alpha value is -2.26. The maximum absolute atomic E-state index is 10.8. The van der Waals surface area contributed by atoms with Crippen molar-refractivity contribution in [1.29, 1.82) is 0 Å². The van der Waals surface area contributed by atoms with Crippen LogP contribution < -0.4 is 10.6 Å². The molecule has 0 aliphatic rings. The van der Waals surface area contributed by atoms with E-state index in [0.29, 0.717) is 0 Å². The fourth-order valence-electron chi connectivity index (χ4n) is 1.48. The Balaban J connectivity index is 0. The van der Waals surface area contributed by atoms with Crippen LogP contribution >= 0.6 is 15.6 Å². The van der Waals surface area contributed by atoms with Gasteiger partial charge in [0.1, 0.15) is 11.7 Å². The molecule has 6 N–H and O–H groups in total. The highest BCUT2D eigenvalue weighted by Gasteiger charge is 2.23. The van der Waals surface area contributed by atoms with Crippen LogP contribution in [0, 0.1) is 0 Å². The Morgan fingerprint density at radius 3 is 1.86 bits per heavy atom. The lowest BCUT2D eigenvalue weighted by molar-refractivity contribution is -0.141. The molecule has 0 radical (unpaired) electrons. The van der Waals surface area contributed by atoms with Crippen LogP contribution in [0.15, 0.2) is 11.8 Å². The Morgan fingerprint density at radius 2 is 1.50 bits per heavy atom. The van der Waals surface area contributed by atoms with Gasteiger partial charge in [0.15, 0.2) is 12.3 Å². The minimum absolute atomic E-state index is 0.0602. The number of hydrogen-bond acceptors (Lipinski definition) is 8. The van der Waals surface area contributed by atoms with Crippen molar-refractivity contribution in [3.63, 3.8) is 0 Å². The van der Waals surface area contributed by atoms with Crippen LogP contribution in [0.2, 0.25) is 0 Å². The quantitative estimate of drug-likeness (QED) is 0.180. The maximum Gasteiger partial charge on any atom is 0.370 e. The summed E-state index contributed by atoms with van der Waals surface area (Å²) in [5.41, 5.74) is -0.325. The highest BCUT2D eigenvalue weighted by molar-refractivity contribution is 7.44. The van der Waals surface area contributed by atoms with Crippen molar-refractivity contribution in [3.8, 4) is 0 Å². The molecule has 0 aromatic rings. The molecular weight excluding hydrogens is 418 g/mol. The molecule has 0 heterocycles. The molecule has 0 spiro atoms. The van der Waals surface area contributed by atoms with Gasteiger partial charge in [-0.05, 0) is 6.08 Å². The van der Waals surface area contributed by atoms with Crippen molar-refractivity contribution in [2.75, 3.05) is 25.0 Å². The van der Waals surface area contributed by atoms with Gasteiger partial charge >= 0.3 is 27.5 Å². The van der Waals surface area contributed by atoms with Crippen molar-refractivity contribution in [1.82, 2.24) is 10.6 Å². The van der Waals surface area contributed by atoms with Gasteiger partial charge in [0.25, 0.3) is 0 Å². The van der Waals surface area contributed by atoms with Gasteiger partial charge in [-0.2, -0.15) is 0 Å². The predicted molar refractivity (Wildman–Crippen MR) is 98.5 cm³/mol. The molecule has 0 aliphatic carbocycles. The molecule has 0 aromatic carbocycles. The smallest absolute Gasteiger partial charge is 0.370 e. The predicted octanol–water partition coefficient (Wildman–Crippen LogP) is -0.389. The molecule has 0 saturated carbocycles. The topological polar surface area (TPSA) is 207 Å². The largest absolute Gasteiger partial charge is 0.480 e. The lowest BCUT2D eigenvalue weighted by Gasteiger charge is -2.09. The second-order valence-corrected chi connectivity index (χ2v) is 8.44. The van der Waals surface area contributed by atoms with E-state index in [2.05, 4.69) is 10.6 Å². The lowest BCUT2D eigenvalue weighted by Crippen LogP contribution is -2.39. The van der Waals surface area contributed by atoms with Crippen molar-refractivity contribution in [2.45, 2.75) is 26.3 Å². The van der Waals surface area contributed by atoms with Crippen LogP contribution in [0.5, 0.6) is 0 Å². The first-order valence-electron chi connectivity index (χ1n) is 7.71. The Labute approximate surface area is 162 Å². The molecule has 0 rings (SSSR count). The van der Waals surface area contributed by atoms with Crippen LogP contribution in [0.1, 0.15) is 20.3 Å². The minimum atomic E-state index is -1.85. The summed E-state index contributed by atoms with van der Waals surface area (Å²) in [6.45, 7) is 2.38. The van der Waals surface area contributed by atoms with Gasteiger partial charge in [0.2, 0.25) is 24.5 Å². The Kier molecular flexibility index (Phi) is 15.7. The number of aliphatic hydroxyl groups is 2. The molecule has 14 heteroatoms. The Bertz CT molecular complexity index is 636. The summed E-state index contributed by atoms with van der Waals surface area (Å²) >= 11 is 0. The van der Waals surface area contributed by atoms with Crippen LogP contribution in [0.3, 0.4) is 0 Å². The summed E-state index contributed by atoms with van der Waals surface area (Å²) in [4.78, 5) is 42.2. The zero-order valence-electron chi connectivity index (χ0n) is 15.3. The molecule has 158 valence electrons. The number of hydrogen-bond donors (Lipinski definition) is 6. The second kappa shape index (κ2) is 15.8. The van der Waals surface area contributed by atoms with Gasteiger partial charge in [0.05, 0.1) is 0 Å². The maximum atomic E-state index is 10.8. The monoisotopic (exact) mass is 442 g/mol. The van der Waals surface area contributed by atoms with Crippen molar-refractivity contribution >= 4 is 39.4 Å². The number of carbonyl (C=O) groups excluding carboxylic acids is 2. The number of carboxylic acid groups (broad SMARTS) is 2. The fraction of sp³-hybridized carbons (Fsp3) is 0.571. The van der Waals surface area contributed by atoms with Gasteiger partial charge in [-0.3, -0.25) is 9.59 Å². The van der Waals surface area contributed by atoms with Gasteiger partial charge < -0.3 is 31.1 Å². The van der Waals surface area contributed by atoms with E-state index in [0.717, 1.165) is 6.08 Å². The number of nitrogens with one attached hydrogen (secondary N) is 2. The van der Waals surface area contributed by atoms with E-state index >= 15 is 0 Å². The van der Waals surface area contributed by atoms with Crippen molar-refractivity contribution in [3.05, 3.63) is 11.8 Å². The van der Waals surface area contributed by atoms with Crippen molar-refractivity contribution < 1.29 is 48.7 Å². The van der Waals surface area contributed by atoms with E-state index in [1.54, 1.807) is 0 Å². The van der Waals surface area contributed by atoms with Gasteiger partial charge in [0, 0.05) is 20.3 Å². The normalized spacial score (nSPS) is 12.6. The summed E-state index contributed by atoms with van der Waals surface area (Å²) in [5.74, 6) is -3.43. The standard InChI is InChI=1S/C7H12NO5P.C7H10NO5P/c2*1-5(10)8-6(7(11)12)2-3-14(13)4-9/h6,9H,2-4H2,1H3,(H-,8,10,11,12);2,9H,3-4H2,1H3,(H-,8,10,11,12)/p+2/t6-;/m0./s1. The van der Waals surface area contributed by atoms with Gasteiger partial charge in [-0.15, -0.1) is 0 Å². The first-order chi connectivity index (χ1) is 12.9. The number of aliphatic hydroxyl groups excluding tert-OH is 2. The zero-order chi connectivity index (χ0) is 22.3. The van der Waals surface area contributed by atoms with Crippen LogP contribution in [0.25, 0.3) is 0 Å². The molecule has 0 saturated heterocycles. The summed E-state index contributed by atoms with van der Waals surface area (Å²) < 4.78 is 21.6. The molecule has 28 heavy (non-hydrogen) atoms. The van der Waals surface area contributed by atoms with E-state index in [-0.39, 0.29) is 24.4 Å². The molecule has 0 fully saturated rings. The average molecular weight is 442 g/mol. The second-order valence-electron chi connectivity index (χ2n) is 5.14. The zero-order valence-corrected chi connectivity index (χ0v) is 17.1. The van der Waals surface area contributed by atoms with Crippen LogP contribution in [-0.2, 0) is 28.3 Å². The lowest BCUT2D eigenvalue weighted by atomic mass is 10.2. The average Bonchev–Trinajstić information content (AvgIpc) is 2.60. The molecule has 12 nitrogen and oxygen atoms in total. The molecular formula is C14H24N2O10P2+2. The third-order valence-corrected chi connectivity index (χ3v) is 4.68. The molecule has 2 amide bonds. The SMILES string of the molecule is CC(=O)NC(=CC[P+](=O)CO)C(=O)O.CC(=O)N[C@@H](CC[P+](=O)CO)C(=O)O. The van der Waals surface area contributed by atoms with E-state index in [1.807, 2.05) is 0 Å². The Morgan fingerprint density at radius 1 is 0.964 bits per heavy atom. The van der Waals surface area contributed by atoms with Crippen LogP contribution in [-0.4, -0.2) is 75.2 Å². The first kappa shape index (κ1) is 28.0. The molecule has 3 atom stereocenters. The number of allylic oxidation sites excluding steroid dienone is 1. The molecule has 2 unspecified atom stereocenters. The van der Waals surface area contributed by atoms with E-state index in [9.17, 15) is 28.3 Å². The van der Waals surface area contributed by atoms with Crippen LogP contribution in [0.4, 0.5) is 0 Å². The van der Waals surface area contributed by atoms with E-state index < -0.39 is 58.1 Å². The molecule has 0 aromatic heterocycles. The third kappa shape index (κ3) is 16.0. The molecule has 0 bridgehead atoms. The highest BCUT2D eigenvalue weighted by Crippen LogP contribution is 2.20. The fourth-order valence-corrected chi connectivity index (χ4v) is 2.67. The summed E-state index contributed by atoms with van der Waals surface area (Å²) in [7, 11) is -3.62. The third-order valence-electron chi connectivity index (χ3n) is 2.70. The van der Waals surface area contributed by atoms with Gasteiger partial charge in [-0.1, -0.05) is 9.13 Å². The number of aliphatic carboxylic acids is 2. The highest BCUT2D eigenvalue weighted by atomic mass is 31.1. The number of carboxylic acids is 2. The summed E-state index contributed by atoms with van der Waals surface area (Å²) in [6, 6.07) is -1.03. The first-order valence-corrected chi connectivity index (χ1v) is 11.0. The number of carbonyl (C=O) groups is 4. The molecule has 0 aliphatic heterocycles. The number of rotatable bonds is 11. The summed E-state index contributed by atoms with van der Waals surface area (Å²) in [5, 5.41) is 38.4. The summed E-state index contributed by atoms with van der Waals surface area (Å²) in [6.07, 6.45) is 0.223. The van der Waals surface area contributed by atoms with E-state index in [4.69, 9.17) is 20.4 Å². The van der Waals surface area contributed by atoms with E-state index in [1.165, 1.54) is 13.8 Å². The van der Waals surface area contributed by atoms with Gasteiger partial charge in [-0.25, -0.2) is 9.59 Å². The van der Waals surface area contributed by atoms with Crippen molar-refractivity contribution in [2.24, 2.45) is 0 Å². The number of amides is 2. The minimum Gasteiger partial charge on any atom is -0.480 e.